The van der Waals surface area contributed by atoms with E-state index in [2.05, 4.69) is 10.6 Å². The van der Waals surface area contributed by atoms with Gasteiger partial charge in [0, 0.05) is 17.6 Å². The predicted molar refractivity (Wildman–Crippen MR) is 92.6 cm³/mol. The largest absolute Gasteiger partial charge is 0.349 e. The second-order valence-corrected chi connectivity index (χ2v) is 6.75. The zero-order valence-electron chi connectivity index (χ0n) is 13.6. The zero-order valence-corrected chi connectivity index (χ0v) is 14.3. The second-order valence-electron chi connectivity index (χ2n) is 6.35. The van der Waals surface area contributed by atoms with E-state index in [-0.39, 0.29) is 23.8 Å². The number of benzene rings is 1. The van der Waals surface area contributed by atoms with Gasteiger partial charge in [-0.25, -0.2) is 0 Å². The standard InChI is InChI=1S/C17H24ClN3O2/c1-10(2)16(22)20-12-6-7-14(18)13(8-12)17(23)21-15-5-3-4-11(15)9-19/h6-8,10-11,15H,3-5,9,19H2,1-2H3,(H,20,22)(H,21,23). The minimum Gasteiger partial charge on any atom is -0.349 e. The molecule has 0 radical (unpaired) electrons. The minimum atomic E-state index is -0.221. The third kappa shape index (κ3) is 4.45. The number of rotatable bonds is 5. The molecule has 1 fully saturated rings. The van der Waals surface area contributed by atoms with E-state index < -0.39 is 0 Å². The first-order chi connectivity index (χ1) is 10.9. The lowest BCUT2D eigenvalue weighted by atomic mass is 10.0. The molecule has 2 atom stereocenters. The van der Waals surface area contributed by atoms with Crippen LogP contribution in [0, 0.1) is 11.8 Å². The monoisotopic (exact) mass is 337 g/mol. The topological polar surface area (TPSA) is 84.2 Å². The molecule has 126 valence electrons. The molecule has 1 aliphatic carbocycles. The zero-order chi connectivity index (χ0) is 17.0. The van der Waals surface area contributed by atoms with Gasteiger partial charge in [-0.05, 0) is 43.5 Å². The summed E-state index contributed by atoms with van der Waals surface area (Å²) < 4.78 is 0. The van der Waals surface area contributed by atoms with Gasteiger partial charge in [0.2, 0.25) is 5.91 Å². The maximum Gasteiger partial charge on any atom is 0.253 e. The Morgan fingerprint density at radius 1 is 1.35 bits per heavy atom. The molecule has 6 heteroatoms. The van der Waals surface area contributed by atoms with Crippen molar-refractivity contribution >= 4 is 29.1 Å². The maximum atomic E-state index is 12.5. The summed E-state index contributed by atoms with van der Waals surface area (Å²) in [4.78, 5) is 24.3. The molecule has 1 aromatic carbocycles. The Morgan fingerprint density at radius 3 is 2.74 bits per heavy atom. The highest BCUT2D eigenvalue weighted by molar-refractivity contribution is 6.34. The Labute approximate surface area is 142 Å². The molecule has 23 heavy (non-hydrogen) atoms. The van der Waals surface area contributed by atoms with Crippen molar-refractivity contribution in [1.82, 2.24) is 5.32 Å². The van der Waals surface area contributed by atoms with Crippen LogP contribution in [0.5, 0.6) is 0 Å². The number of nitrogens with two attached hydrogens (primary N) is 1. The summed E-state index contributed by atoms with van der Waals surface area (Å²) in [6.07, 6.45) is 3.06. The van der Waals surface area contributed by atoms with Crippen molar-refractivity contribution in [2.24, 2.45) is 17.6 Å². The summed E-state index contributed by atoms with van der Waals surface area (Å²) >= 11 is 6.15. The summed E-state index contributed by atoms with van der Waals surface area (Å²) in [6, 6.07) is 5.03. The van der Waals surface area contributed by atoms with Crippen molar-refractivity contribution in [2.75, 3.05) is 11.9 Å². The van der Waals surface area contributed by atoms with Crippen LogP contribution in [-0.4, -0.2) is 24.4 Å². The molecule has 1 saturated carbocycles. The number of amides is 2. The third-order valence-corrected chi connectivity index (χ3v) is 4.61. The molecule has 0 aliphatic heterocycles. The number of hydrogen-bond donors (Lipinski definition) is 3. The van der Waals surface area contributed by atoms with Crippen LogP contribution >= 0.6 is 11.6 Å². The van der Waals surface area contributed by atoms with Crippen LogP contribution in [0.2, 0.25) is 5.02 Å². The molecule has 0 spiro atoms. The van der Waals surface area contributed by atoms with Gasteiger partial charge in [0.1, 0.15) is 0 Å². The van der Waals surface area contributed by atoms with Gasteiger partial charge in [0.15, 0.2) is 0 Å². The van der Waals surface area contributed by atoms with Gasteiger partial charge < -0.3 is 16.4 Å². The molecule has 2 amide bonds. The van der Waals surface area contributed by atoms with Crippen molar-refractivity contribution in [3.05, 3.63) is 28.8 Å². The summed E-state index contributed by atoms with van der Waals surface area (Å²) in [5.41, 5.74) is 6.69. The van der Waals surface area contributed by atoms with Crippen molar-refractivity contribution in [3.8, 4) is 0 Å². The first-order valence-electron chi connectivity index (χ1n) is 8.03. The van der Waals surface area contributed by atoms with E-state index in [0.717, 1.165) is 19.3 Å². The summed E-state index contributed by atoms with van der Waals surface area (Å²) in [5, 5.41) is 6.17. The first kappa shape index (κ1) is 17.8. The van der Waals surface area contributed by atoms with E-state index in [1.165, 1.54) is 0 Å². The fourth-order valence-electron chi connectivity index (χ4n) is 2.82. The van der Waals surface area contributed by atoms with Gasteiger partial charge in [-0.1, -0.05) is 31.9 Å². The van der Waals surface area contributed by atoms with Crippen LogP contribution in [0.1, 0.15) is 43.5 Å². The molecule has 0 heterocycles. The average molecular weight is 338 g/mol. The fourth-order valence-corrected chi connectivity index (χ4v) is 3.02. The Balaban J connectivity index is 2.11. The molecular weight excluding hydrogens is 314 g/mol. The highest BCUT2D eigenvalue weighted by Crippen LogP contribution is 2.26. The van der Waals surface area contributed by atoms with Gasteiger partial charge in [-0.15, -0.1) is 0 Å². The molecule has 0 bridgehead atoms. The van der Waals surface area contributed by atoms with Gasteiger partial charge in [0.05, 0.1) is 10.6 Å². The lowest BCUT2D eigenvalue weighted by Crippen LogP contribution is -2.40. The second kappa shape index (κ2) is 7.79. The van der Waals surface area contributed by atoms with Crippen molar-refractivity contribution in [2.45, 2.75) is 39.2 Å². The molecule has 2 rings (SSSR count). The molecule has 1 aliphatic rings. The van der Waals surface area contributed by atoms with Crippen molar-refractivity contribution < 1.29 is 9.59 Å². The van der Waals surface area contributed by atoms with E-state index in [9.17, 15) is 9.59 Å². The summed E-state index contributed by atoms with van der Waals surface area (Å²) in [5.74, 6) is -0.132. The van der Waals surface area contributed by atoms with Gasteiger partial charge in [-0.2, -0.15) is 0 Å². The number of halogens is 1. The van der Waals surface area contributed by atoms with Gasteiger partial charge in [-0.3, -0.25) is 9.59 Å². The van der Waals surface area contributed by atoms with E-state index in [4.69, 9.17) is 17.3 Å². The predicted octanol–water partition coefficient (Wildman–Crippen LogP) is 2.79. The quantitative estimate of drug-likeness (QED) is 0.772. The Kier molecular flexibility index (Phi) is 6.02. The highest BCUT2D eigenvalue weighted by atomic mass is 35.5. The van der Waals surface area contributed by atoms with Crippen LogP contribution in [0.15, 0.2) is 18.2 Å². The van der Waals surface area contributed by atoms with E-state index >= 15 is 0 Å². The van der Waals surface area contributed by atoms with Gasteiger partial charge >= 0.3 is 0 Å². The Morgan fingerprint density at radius 2 is 2.09 bits per heavy atom. The highest BCUT2D eigenvalue weighted by Gasteiger charge is 2.28. The Bertz CT molecular complexity index is 589. The fraction of sp³-hybridized carbons (Fsp3) is 0.529. The first-order valence-corrected chi connectivity index (χ1v) is 8.41. The average Bonchev–Trinajstić information content (AvgIpc) is 2.96. The molecule has 1 aromatic rings. The summed E-state index contributed by atoms with van der Waals surface area (Å²) in [7, 11) is 0. The molecule has 2 unspecified atom stereocenters. The molecule has 4 N–H and O–H groups in total. The van der Waals surface area contributed by atoms with E-state index in [0.29, 0.717) is 28.7 Å². The third-order valence-electron chi connectivity index (χ3n) is 4.28. The minimum absolute atomic E-state index is 0.0949. The molecule has 5 nitrogen and oxygen atoms in total. The van der Waals surface area contributed by atoms with Crippen molar-refractivity contribution in [1.29, 1.82) is 0 Å². The lowest BCUT2D eigenvalue weighted by molar-refractivity contribution is -0.118. The normalized spacial score (nSPS) is 20.6. The van der Waals surface area contributed by atoms with Crippen LogP contribution in [0.4, 0.5) is 5.69 Å². The van der Waals surface area contributed by atoms with Crippen molar-refractivity contribution in [3.63, 3.8) is 0 Å². The van der Waals surface area contributed by atoms with Crippen LogP contribution < -0.4 is 16.4 Å². The lowest BCUT2D eigenvalue weighted by Gasteiger charge is -2.20. The molecule has 0 saturated heterocycles. The number of carbonyl (C=O) groups is 2. The molecule has 0 aromatic heterocycles. The maximum absolute atomic E-state index is 12.5. The van der Waals surface area contributed by atoms with Crippen LogP contribution in [0.3, 0.4) is 0 Å². The van der Waals surface area contributed by atoms with E-state index in [1.807, 2.05) is 13.8 Å². The summed E-state index contributed by atoms with van der Waals surface area (Å²) in [6.45, 7) is 4.20. The smallest absolute Gasteiger partial charge is 0.253 e. The van der Waals surface area contributed by atoms with Gasteiger partial charge in [0.25, 0.3) is 5.91 Å². The number of hydrogen-bond acceptors (Lipinski definition) is 3. The Hall–Kier alpha value is -1.59. The number of anilines is 1. The van der Waals surface area contributed by atoms with E-state index in [1.54, 1.807) is 18.2 Å². The molecular formula is C17H24ClN3O2. The number of carbonyl (C=O) groups excluding carboxylic acids is 2. The van der Waals surface area contributed by atoms with Crippen LogP contribution in [0.25, 0.3) is 0 Å². The SMILES string of the molecule is CC(C)C(=O)Nc1ccc(Cl)c(C(=O)NC2CCCC2CN)c1. The number of nitrogens with one attached hydrogen (secondary N) is 2. The van der Waals surface area contributed by atoms with Crippen LogP contribution in [-0.2, 0) is 4.79 Å².